The maximum absolute atomic E-state index is 4.56. The van der Waals surface area contributed by atoms with E-state index in [9.17, 15) is 0 Å². The van der Waals surface area contributed by atoms with Crippen LogP contribution in [0.2, 0.25) is 0 Å². The molecule has 0 aliphatic carbocycles. The molecule has 1 atom stereocenters. The van der Waals surface area contributed by atoms with Gasteiger partial charge in [0.1, 0.15) is 5.82 Å². The highest BCUT2D eigenvalue weighted by Gasteiger charge is 2.26. The zero-order valence-electron chi connectivity index (χ0n) is 17.4. The predicted molar refractivity (Wildman–Crippen MR) is 110 cm³/mol. The summed E-state index contributed by atoms with van der Waals surface area (Å²) in [6.45, 7) is 10.6. The number of rotatable bonds is 5. The maximum atomic E-state index is 4.56. The van der Waals surface area contributed by atoms with Crippen molar-refractivity contribution in [3.63, 3.8) is 0 Å². The lowest BCUT2D eigenvalue weighted by atomic mass is 9.95. The molecule has 1 aromatic carbocycles. The minimum absolute atomic E-state index is 0.439. The minimum atomic E-state index is 0.439. The van der Waals surface area contributed by atoms with Crippen LogP contribution in [0.25, 0.3) is 0 Å². The second-order valence-electron chi connectivity index (χ2n) is 8.21. The van der Waals surface area contributed by atoms with Gasteiger partial charge in [-0.3, -0.25) is 4.90 Å². The minimum Gasteiger partial charge on any atom is -0.330 e. The molecule has 0 unspecified atom stereocenters. The molecule has 1 aliphatic heterocycles. The Labute approximate surface area is 167 Å². The van der Waals surface area contributed by atoms with Crippen molar-refractivity contribution in [3.8, 4) is 0 Å². The van der Waals surface area contributed by atoms with Gasteiger partial charge in [0.25, 0.3) is 0 Å². The lowest BCUT2D eigenvalue weighted by molar-refractivity contribution is 0.194. The summed E-state index contributed by atoms with van der Waals surface area (Å²) in [7, 11) is 2.09. The van der Waals surface area contributed by atoms with Gasteiger partial charge in [0.2, 0.25) is 0 Å². The third kappa shape index (κ3) is 3.87. The fourth-order valence-electron chi connectivity index (χ4n) is 4.25. The first-order chi connectivity index (χ1) is 13.5. The van der Waals surface area contributed by atoms with E-state index >= 15 is 0 Å². The van der Waals surface area contributed by atoms with Gasteiger partial charge in [-0.2, -0.15) is 0 Å². The van der Waals surface area contributed by atoms with E-state index in [-0.39, 0.29) is 0 Å². The molecule has 0 bridgehead atoms. The van der Waals surface area contributed by atoms with Crippen LogP contribution in [0.5, 0.6) is 0 Å². The van der Waals surface area contributed by atoms with Crippen LogP contribution < -0.4 is 0 Å². The Morgan fingerprint density at radius 2 is 1.86 bits per heavy atom. The van der Waals surface area contributed by atoms with Crippen LogP contribution in [0.3, 0.4) is 0 Å². The van der Waals surface area contributed by atoms with Crippen LogP contribution in [0.15, 0.2) is 30.9 Å². The maximum Gasteiger partial charge on any atom is 0.152 e. The Morgan fingerprint density at radius 3 is 2.64 bits per heavy atom. The van der Waals surface area contributed by atoms with Crippen molar-refractivity contribution in [1.82, 2.24) is 29.2 Å². The van der Waals surface area contributed by atoms with Crippen LogP contribution in [0, 0.1) is 20.8 Å². The summed E-state index contributed by atoms with van der Waals surface area (Å²) in [6.07, 6.45) is 7.97. The Hall–Kier alpha value is -2.47. The average molecular weight is 379 g/mol. The van der Waals surface area contributed by atoms with E-state index in [0.29, 0.717) is 12.5 Å². The van der Waals surface area contributed by atoms with Crippen LogP contribution in [-0.4, -0.2) is 42.3 Å². The van der Waals surface area contributed by atoms with E-state index < -0.39 is 0 Å². The normalized spacial score (nSPS) is 17.9. The van der Waals surface area contributed by atoms with Gasteiger partial charge in [-0.25, -0.2) is 4.98 Å². The van der Waals surface area contributed by atoms with Crippen LogP contribution in [0.1, 0.15) is 52.7 Å². The molecule has 28 heavy (non-hydrogen) atoms. The summed E-state index contributed by atoms with van der Waals surface area (Å²) < 4.78 is 4.21. The zero-order valence-corrected chi connectivity index (χ0v) is 17.4. The van der Waals surface area contributed by atoms with Crippen molar-refractivity contribution in [2.75, 3.05) is 13.1 Å². The van der Waals surface area contributed by atoms with E-state index in [4.69, 9.17) is 0 Å². The molecule has 0 spiro atoms. The van der Waals surface area contributed by atoms with Crippen molar-refractivity contribution >= 4 is 0 Å². The van der Waals surface area contributed by atoms with Crippen molar-refractivity contribution < 1.29 is 0 Å². The molecule has 1 saturated heterocycles. The molecule has 148 valence electrons. The first-order valence-corrected chi connectivity index (χ1v) is 10.1. The van der Waals surface area contributed by atoms with Gasteiger partial charge in [-0.15, -0.1) is 10.2 Å². The van der Waals surface area contributed by atoms with E-state index in [1.165, 1.54) is 35.1 Å². The number of piperidine rings is 1. The molecule has 3 aromatic rings. The number of likely N-dealkylation sites (tertiary alicyclic amines) is 1. The standard InChI is InChI=1S/C22H30N6/c1-16-10-18(3)20(11-17(16)2)13-27-8-5-6-19(12-27)22-25-24-21(26(22)4)14-28-9-7-23-15-28/h7,9-11,15,19H,5-6,8,12-14H2,1-4H3/t19-/m1/s1. The molecule has 0 N–H and O–H groups in total. The summed E-state index contributed by atoms with van der Waals surface area (Å²) in [5.41, 5.74) is 5.60. The Balaban J connectivity index is 1.47. The summed E-state index contributed by atoms with van der Waals surface area (Å²) in [5, 5.41) is 9.01. The lowest BCUT2D eigenvalue weighted by Gasteiger charge is -2.32. The molecule has 6 nitrogen and oxygen atoms in total. The molecule has 1 aliphatic rings. The largest absolute Gasteiger partial charge is 0.330 e. The third-order valence-electron chi connectivity index (χ3n) is 6.10. The van der Waals surface area contributed by atoms with Crippen molar-refractivity contribution in [1.29, 1.82) is 0 Å². The quantitative estimate of drug-likeness (QED) is 0.683. The van der Waals surface area contributed by atoms with Crippen LogP contribution in [-0.2, 0) is 20.1 Å². The molecule has 4 rings (SSSR count). The smallest absolute Gasteiger partial charge is 0.152 e. The molecular weight excluding hydrogens is 348 g/mol. The average Bonchev–Trinajstić information content (AvgIpc) is 3.31. The van der Waals surface area contributed by atoms with Gasteiger partial charge < -0.3 is 9.13 Å². The van der Waals surface area contributed by atoms with Gasteiger partial charge >= 0.3 is 0 Å². The molecule has 0 saturated carbocycles. The zero-order chi connectivity index (χ0) is 19.7. The van der Waals surface area contributed by atoms with Gasteiger partial charge in [0.05, 0.1) is 12.9 Å². The van der Waals surface area contributed by atoms with E-state index in [0.717, 1.165) is 31.3 Å². The third-order valence-corrected chi connectivity index (χ3v) is 6.10. The second kappa shape index (κ2) is 7.87. The SMILES string of the molecule is Cc1cc(C)c(CN2CCC[C@@H](c3nnc(Cn4ccnc4)n3C)C2)cc1C. The van der Waals surface area contributed by atoms with Gasteiger partial charge in [0.15, 0.2) is 5.82 Å². The topological polar surface area (TPSA) is 51.8 Å². The molecule has 0 amide bonds. The Kier molecular flexibility index (Phi) is 5.31. The molecule has 2 aromatic heterocycles. The highest BCUT2D eigenvalue weighted by atomic mass is 15.3. The predicted octanol–water partition coefficient (Wildman–Crippen LogP) is 3.36. The lowest BCUT2D eigenvalue weighted by Crippen LogP contribution is -2.35. The number of aromatic nitrogens is 5. The second-order valence-corrected chi connectivity index (χ2v) is 8.21. The molecular formula is C22H30N6. The van der Waals surface area contributed by atoms with Crippen LogP contribution >= 0.6 is 0 Å². The Bertz CT molecular complexity index is 940. The van der Waals surface area contributed by atoms with Gasteiger partial charge in [0, 0.05) is 38.4 Å². The van der Waals surface area contributed by atoms with E-state index in [2.05, 4.69) is 64.6 Å². The number of nitrogens with zero attached hydrogens (tertiary/aromatic N) is 6. The summed E-state index contributed by atoms with van der Waals surface area (Å²) in [4.78, 5) is 6.69. The fourth-order valence-corrected chi connectivity index (χ4v) is 4.25. The monoisotopic (exact) mass is 378 g/mol. The number of imidazole rings is 1. The van der Waals surface area contributed by atoms with Crippen molar-refractivity contribution in [2.24, 2.45) is 7.05 Å². The van der Waals surface area contributed by atoms with E-state index in [1.54, 1.807) is 6.20 Å². The molecule has 3 heterocycles. The first kappa shape index (κ1) is 18.9. The first-order valence-electron chi connectivity index (χ1n) is 10.1. The summed E-state index contributed by atoms with van der Waals surface area (Å²) in [6, 6.07) is 4.68. The molecule has 0 radical (unpaired) electrons. The fraction of sp³-hybridized carbons (Fsp3) is 0.500. The van der Waals surface area contributed by atoms with Gasteiger partial charge in [-0.1, -0.05) is 12.1 Å². The van der Waals surface area contributed by atoms with E-state index in [1.807, 2.05) is 17.1 Å². The van der Waals surface area contributed by atoms with Crippen molar-refractivity contribution in [2.45, 2.75) is 52.6 Å². The highest BCUT2D eigenvalue weighted by Crippen LogP contribution is 2.28. The van der Waals surface area contributed by atoms with Crippen molar-refractivity contribution in [3.05, 3.63) is 64.8 Å². The van der Waals surface area contributed by atoms with Gasteiger partial charge in [-0.05, 0) is 62.4 Å². The summed E-state index contributed by atoms with van der Waals surface area (Å²) >= 11 is 0. The summed E-state index contributed by atoms with van der Waals surface area (Å²) in [5.74, 6) is 2.53. The molecule has 6 heteroatoms. The number of aryl methyl sites for hydroxylation is 3. The Morgan fingerprint density at radius 1 is 1.04 bits per heavy atom. The van der Waals surface area contributed by atoms with Crippen LogP contribution in [0.4, 0.5) is 0 Å². The number of hydrogen-bond acceptors (Lipinski definition) is 4. The number of benzene rings is 1. The molecule has 1 fully saturated rings. The number of hydrogen-bond donors (Lipinski definition) is 0. The highest BCUT2D eigenvalue weighted by molar-refractivity contribution is 5.36.